The Labute approximate surface area is 124 Å². The molecule has 114 valence electrons. The molecule has 0 bridgehead atoms. The van der Waals surface area contributed by atoms with E-state index in [0.717, 1.165) is 32.0 Å². The summed E-state index contributed by atoms with van der Waals surface area (Å²) in [5.41, 5.74) is 8.46. The van der Waals surface area contributed by atoms with E-state index < -0.39 is 0 Å². The number of likely N-dealkylation sites (N-methyl/N-ethyl adjacent to an activating group) is 1. The van der Waals surface area contributed by atoms with Crippen molar-refractivity contribution in [1.29, 1.82) is 0 Å². The van der Waals surface area contributed by atoms with Gasteiger partial charge in [-0.3, -0.25) is 4.90 Å². The number of ether oxygens (including phenoxy) is 1. The van der Waals surface area contributed by atoms with Crippen LogP contribution in [0.3, 0.4) is 0 Å². The highest BCUT2D eigenvalue weighted by Crippen LogP contribution is 2.17. The Morgan fingerprint density at radius 3 is 2.25 bits per heavy atom. The molecule has 0 unspecified atom stereocenters. The van der Waals surface area contributed by atoms with Crippen LogP contribution in [0.4, 0.5) is 0 Å². The van der Waals surface area contributed by atoms with E-state index in [2.05, 4.69) is 57.7 Å². The van der Waals surface area contributed by atoms with Crippen LogP contribution in [0.25, 0.3) is 0 Å². The largest absolute Gasteiger partial charge is 0.492 e. The summed E-state index contributed by atoms with van der Waals surface area (Å²) in [5, 5.41) is 0. The zero-order chi connectivity index (χ0) is 15.2. The Morgan fingerprint density at radius 1 is 1.15 bits per heavy atom. The summed E-state index contributed by atoms with van der Waals surface area (Å²) >= 11 is 0. The Bertz CT molecular complexity index is 395. The number of nitrogens with two attached hydrogens (primary N) is 1. The maximum absolute atomic E-state index is 5.88. The molecule has 1 aromatic carbocycles. The molecule has 20 heavy (non-hydrogen) atoms. The second-order valence-corrected chi connectivity index (χ2v) is 6.41. The van der Waals surface area contributed by atoms with Crippen LogP contribution in [0.5, 0.6) is 5.75 Å². The van der Waals surface area contributed by atoms with Crippen molar-refractivity contribution in [2.45, 2.75) is 34.6 Å². The summed E-state index contributed by atoms with van der Waals surface area (Å²) in [5.74, 6) is 0.969. The lowest BCUT2D eigenvalue weighted by molar-refractivity contribution is 0.160. The molecule has 3 nitrogen and oxygen atoms in total. The van der Waals surface area contributed by atoms with E-state index in [9.17, 15) is 0 Å². The lowest BCUT2D eigenvalue weighted by Gasteiger charge is -2.30. The molecule has 0 aromatic heterocycles. The van der Waals surface area contributed by atoms with Gasteiger partial charge in [0, 0.05) is 13.1 Å². The van der Waals surface area contributed by atoms with Gasteiger partial charge in [0.15, 0.2) is 0 Å². The van der Waals surface area contributed by atoms with Crippen molar-refractivity contribution in [1.82, 2.24) is 4.90 Å². The van der Waals surface area contributed by atoms with Gasteiger partial charge in [0.2, 0.25) is 0 Å². The minimum absolute atomic E-state index is 0.163. The summed E-state index contributed by atoms with van der Waals surface area (Å²) in [7, 11) is 0. The van der Waals surface area contributed by atoms with Crippen LogP contribution in [0.15, 0.2) is 18.2 Å². The molecule has 0 aliphatic carbocycles. The maximum Gasteiger partial charge on any atom is 0.119 e. The van der Waals surface area contributed by atoms with Crippen molar-refractivity contribution < 1.29 is 4.74 Å². The van der Waals surface area contributed by atoms with Crippen LogP contribution in [0.1, 0.15) is 31.9 Å². The number of rotatable bonds is 8. The second-order valence-electron chi connectivity index (χ2n) is 6.41. The number of benzene rings is 1. The molecule has 1 rings (SSSR count). The predicted octanol–water partition coefficient (Wildman–Crippen LogP) is 2.99. The van der Waals surface area contributed by atoms with E-state index in [1.165, 1.54) is 11.1 Å². The van der Waals surface area contributed by atoms with Gasteiger partial charge >= 0.3 is 0 Å². The van der Waals surface area contributed by atoms with Gasteiger partial charge in [0.1, 0.15) is 12.4 Å². The van der Waals surface area contributed by atoms with Crippen molar-refractivity contribution in [3.8, 4) is 5.75 Å². The second kappa shape index (κ2) is 7.65. The average molecular weight is 278 g/mol. The monoisotopic (exact) mass is 278 g/mol. The van der Waals surface area contributed by atoms with Crippen molar-refractivity contribution in [3.05, 3.63) is 29.3 Å². The topological polar surface area (TPSA) is 38.5 Å². The molecule has 0 radical (unpaired) electrons. The van der Waals surface area contributed by atoms with Crippen LogP contribution >= 0.6 is 0 Å². The summed E-state index contributed by atoms with van der Waals surface area (Å²) in [6.07, 6.45) is 0. The number of nitrogens with zero attached hydrogens (tertiary/aromatic N) is 1. The first kappa shape index (κ1) is 17.0. The van der Waals surface area contributed by atoms with Crippen LogP contribution < -0.4 is 10.5 Å². The van der Waals surface area contributed by atoms with E-state index >= 15 is 0 Å². The van der Waals surface area contributed by atoms with Crippen molar-refractivity contribution in [2.75, 3.05) is 32.8 Å². The zero-order valence-electron chi connectivity index (χ0n) is 13.7. The Hall–Kier alpha value is -1.06. The lowest BCUT2D eigenvalue weighted by atomic mass is 9.93. The zero-order valence-corrected chi connectivity index (χ0v) is 13.7. The summed E-state index contributed by atoms with van der Waals surface area (Å²) < 4.78 is 5.88. The van der Waals surface area contributed by atoms with Gasteiger partial charge in [-0.15, -0.1) is 0 Å². The molecule has 0 aliphatic heterocycles. The molecular formula is C17H30N2O. The fraction of sp³-hybridized carbons (Fsp3) is 0.647. The maximum atomic E-state index is 5.88. The molecule has 3 heteroatoms. The highest BCUT2D eigenvalue weighted by atomic mass is 16.5. The first-order valence-corrected chi connectivity index (χ1v) is 7.50. The third-order valence-corrected chi connectivity index (χ3v) is 3.52. The first-order valence-electron chi connectivity index (χ1n) is 7.50. The molecular weight excluding hydrogens is 248 g/mol. The van der Waals surface area contributed by atoms with Crippen molar-refractivity contribution in [3.63, 3.8) is 0 Å². The van der Waals surface area contributed by atoms with Gasteiger partial charge in [-0.1, -0.05) is 26.8 Å². The quantitative estimate of drug-likeness (QED) is 0.794. The van der Waals surface area contributed by atoms with Crippen molar-refractivity contribution >= 4 is 0 Å². The van der Waals surface area contributed by atoms with Gasteiger partial charge in [-0.25, -0.2) is 0 Å². The Morgan fingerprint density at radius 2 is 1.75 bits per heavy atom. The average Bonchev–Trinajstić information content (AvgIpc) is 2.36. The third-order valence-electron chi connectivity index (χ3n) is 3.52. The van der Waals surface area contributed by atoms with E-state index in [-0.39, 0.29) is 5.41 Å². The van der Waals surface area contributed by atoms with E-state index in [1.807, 2.05) is 0 Å². The van der Waals surface area contributed by atoms with E-state index in [1.54, 1.807) is 0 Å². The molecule has 0 fully saturated rings. The van der Waals surface area contributed by atoms with Gasteiger partial charge < -0.3 is 10.5 Å². The fourth-order valence-electron chi connectivity index (χ4n) is 2.33. The molecule has 0 spiro atoms. The molecule has 0 saturated heterocycles. The molecule has 1 aromatic rings. The molecule has 2 N–H and O–H groups in total. The summed E-state index contributed by atoms with van der Waals surface area (Å²) in [6.45, 7) is 15.2. The van der Waals surface area contributed by atoms with Crippen LogP contribution in [-0.4, -0.2) is 37.7 Å². The van der Waals surface area contributed by atoms with E-state index in [0.29, 0.717) is 6.54 Å². The Kier molecular flexibility index (Phi) is 6.50. The molecule has 0 amide bonds. The highest BCUT2D eigenvalue weighted by Gasteiger charge is 2.19. The first-order chi connectivity index (χ1) is 9.36. The number of hydrogen-bond acceptors (Lipinski definition) is 3. The normalized spacial score (nSPS) is 11.9. The standard InChI is InChI=1S/C17H30N2O/c1-6-19(13-17(4,5)12-18)7-8-20-16-10-14(2)9-15(3)11-16/h9-11H,6-8,12-13,18H2,1-5H3. The van der Waals surface area contributed by atoms with Gasteiger partial charge in [0.25, 0.3) is 0 Å². The molecule has 0 aliphatic rings. The van der Waals surface area contributed by atoms with Crippen LogP contribution in [-0.2, 0) is 0 Å². The highest BCUT2D eigenvalue weighted by molar-refractivity contribution is 5.32. The number of aryl methyl sites for hydroxylation is 2. The Balaban J connectivity index is 2.45. The summed E-state index contributed by atoms with van der Waals surface area (Å²) in [6, 6.07) is 6.34. The molecule has 0 saturated carbocycles. The third kappa shape index (κ3) is 5.93. The van der Waals surface area contributed by atoms with Crippen LogP contribution in [0.2, 0.25) is 0 Å². The van der Waals surface area contributed by atoms with Gasteiger partial charge in [-0.05, 0) is 55.6 Å². The van der Waals surface area contributed by atoms with Gasteiger partial charge in [0.05, 0.1) is 0 Å². The summed E-state index contributed by atoms with van der Waals surface area (Å²) in [4.78, 5) is 2.40. The van der Waals surface area contributed by atoms with Crippen LogP contribution in [0, 0.1) is 19.3 Å². The number of hydrogen-bond donors (Lipinski definition) is 1. The predicted molar refractivity (Wildman–Crippen MR) is 86.4 cm³/mol. The van der Waals surface area contributed by atoms with Gasteiger partial charge in [-0.2, -0.15) is 0 Å². The SMILES string of the molecule is CCN(CCOc1cc(C)cc(C)c1)CC(C)(C)CN. The minimum Gasteiger partial charge on any atom is -0.492 e. The lowest BCUT2D eigenvalue weighted by Crippen LogP contribution is -2.40. The van der Waals surface area contributed by atoms with E-state index in [4.69, 9.17) is 10.5 Å². The smallest absolute Gasteiger partial charge is 0.119 e. The minimum atomic E-state index is 0.163. The molecule has 0 atom stereocenters. The fourth-order valence-corrected chi connectivity index (χ4v) is 2.33. The molecule has 0 heterocycles. The van der Waals surface area contributed by atoms with Crippen molar-refractivity contribution in [2.24, 2.45) is 11.1 Å².